The van der Waals surface area contributed by atoms with Crippen molar-refractivity contribution in [3.05, 3.63) is 63.7 Å². The second-order valence-electron chi connectivity index (χ2n) is 5.88. The molecule has 1 N–H and O–H groups in total. The van der Waals surface area contributed by atoms with Crippen LogP contribution in [0.3, 0.4) is 0 Å². The highest BCUT2D eigenvalue weighted by molar-refractivity contribution is 5.40. The summed E-state index contributed by atoms with van der Waals surface area (Å²) in [6.07, 6.45) is -0.528. The van der Waals surface area contributed by atoms with Crippen molar-refractivity contribution in [1.29, 1.82) is 0 Å². The van der Waals surface area contributed by atoms with Gasteiger partial charge in [-0.1, -0.05) is 29.3 Å². The molecule has 0 fully saturated rings. The molecular formula is C19H24O2. The zero-order valence-corrected chi connectivity index (χ0v) is 13.5. The molecule has 2 aromatic carbocycles. The third-order valence-corrected chi connectivity index (χ3v) is 3.83. The summed E-state index contributed by atoms with van der Waals surface area (Å²) in [5, 5.41) is 9.89. The number of hydrogen-bond donors (Lipinski definition) is 1. The van der Waals surface area contributed by atoms with Gasteiger partial charge in [0.05, 0.1) is 6.10 Å². The van der Waals surface area contributed by atoms with Crippen molar-refractivity contribution in [2.24, 2.45) is 0 Å². The van der Waals surface area contributed by atoms with Crippen molar-refractivity contribution in [1.82, 2.24) is 0 Å². The number of aliphatic hydroxyl groups excluding tert-OH is 1. The fourth-order valence-corrected chi connectivity index (χ4v) is 2.71. The van der Waals surface area contributed by atoms with Crippen molar-refractivity contribution < 1.29 is 9.84 Å². The van der Waals surface area contributed by atoms with Crippen LogP contribution in [0.1, 0.15) is 46.4 Å². The first kappa shape index (κ1) is 15.6. The molecule has 1 atom stereocenters. The summed E-state index contributed by atoms with van der Waals surface area (Å²) in [6, 6.07) is 10.3. The van der Waals surface area contributed by atoms with Crippen LogP contribution >= 0.6 is 0 Å². The Bertz CT molecular complexity index is 619. The molecule has 2 rings (SSSR count). The lowest BCUT2D eigenvalue weighted by atomic mass is 10.0. The van der Waals surface area contributed by atoms with Gasteiger partial charge >= 0.3 is 0 Å². The molecule has 0 aliphatic carbocycles. The van der Waals surface area contributed by atoms with E-state index >= 15 is 0 Å². The zero-order chi connectivity index (χ0) is 15.6. The summed E-state index contributed by atoms with van der Waals surface area (Å²) in [5.41, 5.74) is 6.96. The lowest BCUT2D eigenvalue weighted by molar-refractivity contribution is 0.190. The fraction of sp³-hybridized carbons (Fsp3) is 0.368. The van der Waals surface area contributed by atoms with Gasteiger partial charge in [0.2, 0.25) is 0 Å². The van der Waals surface area contributed by atoms with E-state index in [0.29, 0.717) is 6.61 Å². The largest absolute Gasteiger partial charge is 0.489 e. The summed E-state index contributed by atoms with van der Waals surface area (Å²) >= 11 is 0. The van der Waals surface area contributed by atoms with Crippen LogP contribution in [0.4, 0.5) is 0 Å². The molecule has 0 radical (unpaired) electrons. The van der Waals surface area contributed by atoms with Crippen LogP contribution in [0.5, 0.6) is 5.75 Å². The molecule has 0 aliphatic heterocycles. The Labute approximate surface area is 127 Å². The maximum atomic E-state index is 9.89. The zero-order valence-electron chi connectivity index (χ0n) is 13.5. The Balaban J connectivity index is 2.25. The Morgan fingerprint density at radius 3 is 2.14 bits per heavy atom. The second kappa shape index (κ2) is 6.31. The van der Waals surface area contributed by atoms with Crippen LogP contribution in [-0.2, 0) is 6.61 Å². The van der Waals surface area contributed by atoms with Crippen LogP contribution in [0.15, 0.2) is 30.3 Å². The minimum absolute atomic E-state index is 0.528. The van der Waals surface area contributed by atoms with Gasteiger partial charge in [0.15, 0.2) is 0 Å². The van der Waals surface area contributed by atoms with Crippen molar-refractivity contribution >= 4 is 0 Å². The molecule has 0 heterocycles. The number of hydrogen-bond acceptors (Lipinski definition) is 2. The molecule has 112 valence electrons. The van der Waals surface area contributed by atoms with E-state index in [4.69, 9.17) is 4.74 Å². The third-order valence-electron chi connectivity index (χ3n) is 3.83. The summed E-state index contributed by atoms with van der Waals surface area (Å²) < 4.78 is 5.98. The average molecular weight is 284 g/mol. The number of ether oxygens (including phenoxy) is 1. The third kappa shape index (κ3) is 3.64. The quantitative estimate of drug-likeness (QED) is 0.892. The van der Waals surface area contributed by atoms with Gasteiger partial charge < -0.3 is 9.84 Å². The molecule has 0 bridgehead atoms. The predicted molar refractivity (Wildman–Crippen MR) is 86.8 cm³/mol. The Morgan fingerprint density at radius 2 is 1.57 bits per heavy atom. The van der Waals surface area contributed by atoms with Crippen LogP contribution in [0.2, 0.25) is 0 Å². The Hall–Kier alpha value is -1.80. The molecule has 2 aromatic rings. The van der Waals surface area contributed by atoms with Crippen molar-refractivity contribution in [3.8, 4) is 5.75 Å². The van der Waals surface area contributed by atoms with E-state index in [1.165, 1.54) is 22.3 Å². The SMILES string of the molecule is Cc1cc(C)c(COc2ccc(C)cc2C(C)O)c(C)c1. The van der Waals surface area contributed by atoms with Gasteiger partial charge in [-0.25, -0.2) is 0 Å². The van der Waals surface area contributed by atoms with Gasteiger partial charge in [0, 0.05) is 5.56 Å². The molecule has 0 aromatic heterocycles. The van der Waals surface area contributed by atoms with E-state index in [0.717, 1.165) is 16.9 Å². The second-order valence-corrected chi connectivity index (χ2v) is 5.88. The molecule has 2 heteroatoms. The van der Waals surface area contributed by atoms with Crippen molar-refractivity contribution in [2.75, 3.05) is 0 Å². The van der Waals surface area contributed by atoms with E-state index in [1.54, 1.807) is 6.92 Å². The highest BCUT2D eigenvalue weighted by Gasteiger charge is 2.11. The molecule has 0 aliphatic rings. The van der Waals surface area contributed by atoms with E-state index in [9.17, 15) is 5.11 Å². The fourth-order valence-electron chi connectivity index (χ4n) is 2.71. The average Bonchev–Trinajstić information content (AvgIpc) is 2.38. The first-order valence-electron chi connectivity index (χ1n) is 7.36. The van der Waals surface area contributed by atoms with E-state index in [1.807, 2.05) is 25.1 Å². The molecule has 1 unspecified atom stereocenters. The Morgan fingerprint density at radius 1 is 0.952 bits per heavy atom. The molecular weight excluding hydrogens is 260 g/mol. The molecule has 0 spiro atoms. The maximum Gasteiger partial charge on any atom is 0.125 e. The van der Waals surface area contributed by atoms with E-state index < -0.39 is 6.10 Å². The van der Waals surface area contributed by atoms with Crippen LogP contribution < -0.4 is 4.74 Å². The van der Waals surface area contributed by atoms with E-state index in [-0.39, 0.29) is 0 Å². The molecule has 2 nitrogen and oxygen atoms in total. The van der Waals surface area contributed by atoms with Gasteiger partial charge in [0.1, 0.15) is 12.4 Å². The number of benzene rings is 2. The summed E-state index contributed by atoms with van der Waals surface area (Å²) in [7, 11) is 0. The maximum absolute atomic E-state index is 9.89. The summed E-state index contributed by atoms with van der Waals surface area (Å²) in [5.74, 6) is 0.759. The monoisotopic (exact) mass is 284 g/mol. The van der Waals surface area contributed by atoms with Gasteiger partial charge in [-0.2, -0.15) is 0 Å². The number of rotatable bonds is 4. The highest BCUT2D eigenvalue weighted by Crippen LogP contribution is 2.28. The number of aryl methyl sites for hydroxylation is 4. The van der Waals surface area contributed by atoms with E-state index in [2.05, 4.69) is 32.9 Å². The Kier molecular flexibility index (Phi) is 4.69. The standard InChI is InChI=1S/C19H24O2/c1-12-6-7-19(17(10-12)16(5)20)21-11-18-14(3)8-13(2)9-15(18)4/h6-10,16,20H,11H2,1-5H3. The van der Waals surface area contributed by atoms with Crippen LogP contribution in [0.25, 0.3) is 0 Å². The van der Waals surface area contributed by atoms with Gasteiger partial charge in [-0.15, -0.1) is 0 Å². The first-order chi connectivity index (χ1) is 9.88. The summed E-state index contributed by atoms with van der Waals surface area (Å²) in [4.78, 5) is 0. The smallest absolute Gasteiger partial charge is 0.125 e. The minimum Gasteiger partial charge on any atom is -0.489 e. The van der Waals surface area contributed by atoms with Gasteiger partial charge in [-0.05, 0) is 63.4 Å². The molecule has 0 amide bonds. The lowest BCUT2D eigenvalue weighted by Crippen LogP contribution is -2.04. The minimum atomic E-state index is -0.528. The van der Waals surface area contributed by atoms with Crippen molar-refractivity contribution in [2.45, 2.75) is 47.3 Å². The predicted octanol–water partition coefficient (Wildman–Crippen LogP) is 4.55. The molecule has 0 saturated heterocycles. The molecule has 21 heavy (non-hydrogen) atoms. The molecule has 0 saturated carbocycles. The normalized spacial score (nSPS) is 12.3. The van der Waals surface area contributed by atoms with Gasteiger partial charge in [0.25, 0.3) is 0 Å². The van der Waals surface area contributed by atoms with Gasteiger partial charge in [-0.3, -0.25) is 0 Å². The number of aliphatic hydroxyl groups is 1. The summed E-state index contributed by atoms with van der Waals surface area (Å²) in [6.45, 7) is 10.7. The highest BCUT2D eigenvalue weighted by atomic mass is 16.5. The van der Waals surface area contributed by atoms with Crippen molar-refractivity contribution in [3.63, 3.8) is 0 Å². The first-order valence-corrected chi connectivity index (χ1v) is 7.36. The topological polar surface area (TPSA) is 29.5 Å². The lowest BCUT2D eigenvalue weighted by Gasteiger charge is -2.17. The van der Waals surface area contributed by atoms with Crippen LogP contribution in [0, 0.1) is 27.7 Å². The van der Waals surface area contributed by atoms with Crippen LogP contribution in [-0.4, -0.2) is 5.11 Å².